The van der Waals surface area contributed by atoms with Crippen LogP contribution in [0.2, 0.25) is 0 Å². The van der Waals surface area contributed by atoms with Gasteiger partial charge in [0, 0.05) is 23.4 Å². The second-order valence-electron chi connectivity index (χ2n) is 3.73. The summed E-state index contributed by atoms with van der Waals surface area (Å²) >= 11 is 1.37. The first-order valence-corrected chi connectivity index (χ1v) is 6.47. The number of hydrogen-bond donors (Lipinski definition) is 2. The first-order chi connectivity index (χ1) is 9.08. The lowest BCUT2D eigenvalue weighted by molar-refractivity contribution is -0.124. The van der Waals surface area contributed by atoms with Crippen molar-refractivity contribution in [3.8, 4) is 0 Å². The predicted molar refractivity (Wildman–Crippen MR) is 67.0 cm³/mol. The first-order valence-electron chi connectivity index (χ1n) is 5.48. The summed E-state index contributed by atoms with van der Waals surface area (Å²) in [5, 5.41) is 11.2. The normalized spacial score (nSPS) is 14.6. The maximum Gasteiger partial charge on any atom is 0.354 e. The highest BCUT2D eigenvalue weighted by molar-refractivity contribution is 7.99. The Morgan fingerprint density at radius 3 is 2.95 bits per heavy atom. The number of thioether (sulfide) groups is 1. The number of amides is 3. The van der Waals surface area contributed by atoms with E-state index in [2.05, 4.69) is 10.3 Å². The molecule has 0 aromatic carbocycles. The van der Waals surface area contributed by atoms with Gasteiger partial charge in [0.25, 0.3) is 0 Å². The van der Waals surface area contributed by atoms with E-state index in [-0.39, 0.29) is 24.2 Å². The minimum Gasteiger partial charge on any atom is -0.477 e. The third-order valence-electron chi connectivity index (χ3n) is 2.47. The summed E-state index contributed by atoms with van der Waals surface area (Å²) in [4.78, 5) is 38.9. The van der Waals surface area contributed by atoms with E-state index < -0.39 is 5.97 Å². The molecular weight excluding hydrogens is 270 g/mol. The van der Waals surface area contributed by atoms with Crippen molar-refractivity contribution >= 4 is 29.7 Å². The number of aromatic nitrogens is 1. The van der Waals surface area contributed by atoms with Crippen LogP contribution in [0, 0.1) is 0 Å². The van der Waals surface area contributed by atoms with Crippen molar-refractivity contribution in [1.82, 2.24) is 15.2 Å². The van der Waals surface area contributed by atoms with Gasteiger partial charge >= 0.3 is 12.0 Å². The number of hydrogen-bond acceptors (Lipinski definition) is 5. The molecule has 2 N–H and O–H groups in total. The molecule has 7 nitrogen and oxygen atoms in total. The molecule has 1 aromatic rings. The van der Waals surface area contributed by atoms with Crippen LogP contribution < -0.4 is 5.32 Å². The third-order valence-corrected chi connectivity index (χ3v) is 3.45. The quantitative estimate of drug-likeness (QED) is 0.599. The van der Waals surface area contributed by atoms with Crippen LogP contribution in [-0.4, -0.2) is 51.7 Å². The molecule has 0 unspecified atom stereocenters. The van der Waals surface area contributed by atoms with E-state index in [1.165, 1.54) is 24.0 Å². The van der Waals surface area contributed by atoms with Gasteiger partial charge in [0.15, 0.2) is 0 Å². The highest BCUT2D eigenvalue weighted by atomic mass is 32.2. The molecule has 8 heteroatoms. The van der Waals surface area contributed by atoms with E-state index in [0.29, 0.717) is 12.3 Å². The van der Waals surface area contributed by atoms with Crippen LogP contribution in [0.4, 0.5) is 4.79 Å². The Bertz CT molecular complexity index is 518. The minimum absolute atomic E-state index is 0.0278. The molecule has 0 aliphatic carbocycles. The maximum absolute atomic E-state index is 11.3. The lowest BCUT2D eigenvalue weighted by atomic mass is 10.3. The molecule has 0 bridgehead atoms. The molecule has 1 aromatic heterocycles. The van der Waals surface area contributed by atoms with E-state index in [9.17, 15) is 14.4 Å². The Kier molecular flexibility index (Phi) is 4.00. The fourth-order valence-electron chi connectivity index (χ4n) is 1.55. The average molecular weight is 281 g/mol. The second-order valence-corrected chi connectivity index (χ2v) is 4.90. The van der Waals surface area contributed by atoms with Crippen molar-refractivity contribution in [3.63, 3.8) is 0 Å². The highest BCUT2D eigenvalue weighted by Crippen LogP contribution is 2.18. The number of nitrogens with zero attached hydrogens (tertiary/aromatic N) is 2. The molecule has 2 heterocycles. The van der Waals surface area contributed by atoms with Gasteiger partial charge in [-0.2, -0.15) is 0 Å². The molecule has 0 saturated carbocycles. The molecule has 1 saturated heterocycles. The van der Waals surface area contributed by atoms with Gasteiger partial charge in [-0.05, 0) is 12.1 Å². The molecule has 1 fully saturated rings. The van der Waals surface area contributed by atoms with Crippen molar-refractivity contribution in [2.45, 2.75) is 4.90 Å². The van der Waals surface area contributed by atoms with Crippen LogP contribution >= 0.6 is 11.8 Å². The number of imide groups is 1. The second kappa shape index (κ2) is 5.70. The molecule has 0 radical (unpaired) electrons. The fourth-order valence-corrected chi connectivity index (χ4v) is 2.42. The zero-order chi connectivity index (χ0) is 13.8. The Labute approximate surface area is 113 Å². The Hall–Kier alpha value is -2.09. The van der Waals surface area contributed by atoms with Gasteiger partial charge in [-0.1, -0.05) is 0 Å². The van der Waals surface area contributed by atoms with Crippen molar-refractivity contribution in [3.05, 3.63) is 24.0 Å². The summed E-state index contributed by atoms with van der Waals surface area (Å²) in [6.45, 7) is 0.335. The zero-order valence-corrected chi connectivity index (χ0v) is 10.6. The molecule has 0 atom stereocenters. The van der Waals surface area contributed by atoms with Crippen LogP contribution in [0.15, 0.2) is 23.2 Å². The summed E-state index contributed by atoms with van der Waals surface area (Å²) in [7, 11) is 0. The van der Waals surface area contributed by atoms with Gasteiger partial charge in [0.1, 0.15) is 5.69 Å². The molecule has 2 rings (SSSR count). The van der Waals surface area contributed by atoms with Crippen molar-refractivity contribution in [2.75, 3.05) is 18.8 Å². The Morgan fingerprint density at radius 2 is 2.32 bits per heavy atom. The van der Waals surface area contributed by atoms with Gasteiger partial charge in [0.2, 0.25) is 5.91 Å². The van der Waals surface area contributed by atoms with Crippen molar-refractivity contribution < 1.29 is 19.5 Å². The molecular formula is C11H11N3O4S. The van der Waals surface area contributed by atoms with Crippen LogP contribution in [-0.2, 0) is 4.79 Å². The zero-order valence-electron chi connectivity index (χ0n) is 9.83. The standard InChI is InChI=1S/C11H11N3O4S/c15-9-6-13-11(18)14(9)3-4-19-7-1-2-12-8(5-7)10(16)17/h1-2,5H,3-4,6H2,(H,13,18)(H,16,17). The topological polar surface area (TPSA) is 99.6 Å². The largest absolute Gasteiger partial charge is 0.477 e. The smallest absolute Gasteiger partial charge is 0.354 e. The number of carboxylic acid groups (broad SMARTS) is 1. The Morgan fingerprint density at radius 1 is 1.53 bits per heavy atom. The third kappa shape index (κ3) is 3.22. The molecule has 1 aliphatic heterocycles. The van der Waals surface area contributed by atoms with Crippen LogP contribution in [0.3, 0.4) is 0 Å². The number of carbonyl (C=O) groups is 3. The summed E-state index contributed by atoms with van der Waals surface area (Å²) in [5.74, 6) is -0.828. The van der Waals surface area contributed by atoms with Gasteiger partial charge < -0.3 is 10.4 Å². The van der Waals surface area contributed by atoms with Crippen molar-refractivity contribution in [2.24, 2.45) is 0 Å². The number of nitrogens with one attached hydrogen (secondary N) is 1. The lowest BCUT2D eigenvalue weighted by Crippen LogP contribution is -2.32. The van der Waals surface area contributed by atoms with Crippen LogP contribution in [0.5, 0.6) is 0 Å². The van der Waals surface area contributed by atoms with E-state index in [0.717, 1.165) is 9.80 Å². The highest BCUT2D eigenvalue weighted by Gasteiger charge is 2.27. The molecule has 0 spiro atoms. The number of carbonyl (C=O) groups excluding carboxylic acids is 2. The molecule has 1 aliphatic rings. The van der Waals surface area contributed by atoms with Gasteiger partial charge in [-0.3, -0.25) is 9.69 Å². The minimum atomic E-state index is -1.09. The summed E-state index contributed by atoms with van der Waals surface area (Å²) in [6.07, 6.45) is 1.42. The van der Waals surface area contributed by atoms with Gasteiger partial charge in [0.05, 0.1) is 6.54 Å². The van der Waals surface area contributed by atoms with E-state index in [1.54, 1.807) is 6.07 Å². The Balaban J connectivity index is 1.89. The average Bonchev–Trinajstić information content (AvgIpc) is 2.71. The van der Waals surface area contributed by atoms with E-state index >= 15 is 0 Å². The van der Waals surface area contributed by atoms with E-state index in [1.807, 2.05) is 0 Å². The molecule has 19 heavy (non-hydrogen) atoms. The number of rotatable bonds is 5. The monoisotopic (exact) mass is 281 g/mol. The number of aromatic carboxylic acids is 1. The fraction of sp³-hybridized carbons (Fsp3) is 0.273. The first kappa shape index (κ1) is 13.3. The van der Waals surface area contributed by atoms with Gasteiger partial charge in [-0.15, -0.1) is 11.8 Å². The maximum atomic E-state index is 11.3. The number of urea groups is 1. The van der Waals surface area contributed by atoms with Crippen molar-refractivity contribution in [1.29, 1.82) is 0 Å². The lowest BCUT2D eigenvalue weighted by Gasteiger charge is -2.11. The summed E-state index contributed by atoms with van der Waals surface area (Å²) in [5.41, 5.74) is -0.0278. The predicted octanol–water partition coefficient (Wildman–Crippen LogP) is 0.424. The summed E-state index contributed by atoms with van der Waals surface area (Å²) in [6, 6.07) is 2.76. The SMILES string of the molecule is O=C(O)c1cc(SCCN2C(=O)CNC2=O)ccn1. The van der Waals surface area contributed by atoms with Gasteiger partial charge in [-0.25, -0.2) is 14.6 Å². The molecule has 100 valence electrons. The van der Waals surface area contributed by atoms with Crippen LogP contribution in [0.1, 0.15) is 10.5 Å². The molecule has 3 amide bonds. The summed E-state index contributed by atoms with van der Waals surface area (Å²) < 4.78 is 0. The number of pyridine rings is 1. The van der Waals surface area contributed by atoms with E-state index in [4.69, 9.17) is 5.11 Å². The number of carboxylic acids is 1. The van der Waals surface area contributed by atoms with Crippen LogP contribution in [0.25, 0.3) is 0 Å².